The Morgan fingerprint density at radius 3 is 2.46 bits per heavy atom. The Bertz CT molecular complexity index is 896. The summed E-state index contributed by atoms with van der Waals surface area (Å²) in [6.07, 6.45) is 2.02. The third-order valence-corrected chi connectivity index (χ3v) is 3.91. The zero-order valence-electron chi connectivity index (χ0n) is 15.2. The number of anilines is 1. The molecule has 24 heavy (non-hydrogen) atoms. The Balaban J connectivity index is 2.82. The lowest BCUT2D eigenvalue weighted by molar-refractivity contribution is 0.684. The molecule has 0 unspecified atom stereocenters. The Morgan fingerprint density at radius 2 is 1.92 bits per heavy atom. The maximum Gasteiger partial charge on any atom is 0.332 e. The molecule has 8 heteroatoms. The van der Waals surface area contributed by atoms with E-state index in [1.807, 2.05) is 43.4 Å². The van der Waals surface area contributed by atoms with Crippen LogP contribution in [0.2, 0.25) is 0 Å². The number of aryl methyl sites for hydroxylation is 1. The summed E-state index contributed by atoms with van der Waals surface area (Å²) in [7, 11) is 4.98. The summed E-state index contributed by atoms with van der Waals surface area (Å²) in [4.78, 5) is 31.3. The predicted octanol–water partition coefficient (Wildman–Crippen LogP) is 0.183. The van der Waals surface area contributed by atoms with E-state index >= 15 is 0 Å². The predicted molar refractivity (Wildman–Crippen MR) is 96.6 cm³/mol. The Hall–Kier alpha value is -2.35. The van der Waals surface area contributed by atoms with Crippen LogP contribution in [-0.4, -0.2) is 38.3 Å². The molecule has 2 N–H and O–H groups in total. The molecule has 1 atom stereocenters. The summed E-state index contributed by atoms with van der Waals surface area (Å²) in [5.41, 5.74) is 7.11. The molecule has 0 aliphatic heterocycles. The third kappa shape index (κ3) is 3.14. The molecule has 0 aliphatic carbocycles. The molecule has 0 fully saturated rings. The molecule has 2 aromatic rings. The van der Waals surface area contributed by atoms with Crippen molar-refractivity contribution in [2.75, 3.05) is 18.5 Å². The van der Waals surface area contributed by atoms with Crippen LogP contribution < -0.4 is 21.9 Å². The molecule has 2 aromatic heterocycles. The fourth-order valence-corrected chi connectivity index (χ4v) is 2.69. The second-order valence-electron chi connectivity index (χ2n) is 6.54. The maximum atomic E-state index is 12.6. The molecule has 0 bridgehead atoms. The molecular weight excluding hydrogens is 308 g/mol. The minimum Gasteiger partial charge on any atom is -0.344 e. The summed E-state index contributed by atoms with van der Waals surface area (Å²) in [6.45, 7) is 7.00. The molecule has 0 amide bonds. The first-order valence-corrected chi connectivity index (χ1v) is 7.91. The number of imidazole rings is 1. The van der Waals surface area contributed by atoms with Gasteiger partial charge >= 0.3 is 5.69 Å². The van der Waals surface area contributed by atoms with Crippen LogP contribution in [0.15, 0.2) is 21.2 Å². The van der Waals surface area contributed by atoms with Crippen molar-refractivity contribution < 1.29 is 0 Å². The van der Waals surface area contributed by atoms with Gasteiger partial charge in [0.25, 0.3) is 5.56 Å². The van der Waals surface area contributed by atoms with Gasteiger partial charge < -0.3 is 15.2 Å². The zero-order chi connectivity index (χ0) is 18.2. The average molecular weight is 334 g/mol. The molecule has 2 heterocycles. The standard InChI is InChI=1S/C16H26N6O2/c1-10(2)7-8-22-12-13(18-15(22)19(4)9-11(3)17)20(5)16(24)21(6)14(12)23/h7,11H,8-9,17H2,1-6H3/t11-/m0/s1. The number of hydrogen-bond acceptors (Lipinski definition) is 5. The summed E-state index contributed by atoms with van der Waals surface area (Å²) in [5, 5.41) is 0. The second kappa shape index (κ2) is 6.64. The summed E-state index contributed by atoms with van der Waals surface area (Å²) >= 11 is 0. The third-order valence-electron chi connectivity index (χ3n) is 3.91. The first kappa shape index (κ1) is 18.0. The first-order valence-electron chi connectivity index (χ1n) is 7.91. The number of rotatable bonds is 5. The lowest BCUT2D eigenvalue weighted by Crippen LogP contribution is -2.37. The molecule has 0 radical (unpaired) electrons. The summed E-state index contributed by atoms with van der Waals surface area (Å²) in [5.74, 6) is 0.623. The van der Waals surface area contributed by atoms with E-state index in [1.165, 1.54) is 11.6 Å². The van der Waals surface area contributed by atoms with Crippen LogP contribution in [0.4, 0.5) is 5.95 Å². The monoisotopic (exact) mass is 334 g/mol. The highest BCUT2D eigenvalue weighted by Gasteiger charge is 2.21. The summed E-state index contributed by atoms with van der Waals surface area (Å²) < 4.78 is 4.35. The second-order valence-corrected chi connectivity index (χ2v) is 6.54. The number of hydrogen-bond donors (Lipinski definition) is 1. The SMILES string of the molecule is CC(C)=CCn1c(N(C)C[C@H](C)N)nc2c1c(=O)n(C)c(=O)n2C. The van der Waals surface area contributed by atoms with E-state index in [0.717, 1.165) is 10.1 Å². The molecule has 0 saturated carbocycles. The van der Waals surface area contributed by atoms with E-state index in [2.05, 4.69) is 4.98 Å². The van der Waals surface area contributed by atoms with Gasteiger partial charge in [0, 0.05) is 40.3 Å². The lowest BCUT2D eigenvalue weighted by Gasteiger charge is -2.21. The van der Waals surface area contributed by atoms with E-state index in [1.54, 1.807) is 7.05 Å². The topological polar surface area (TPSA) is 91.1 Å². The van der Waals surface area contributed by atoms with E-state index in [9.17, 15) is 9.59 Å². The van der Waals surface area contributed by atoms with Crippen LogP contribution in [0.3, 0.4) is 0 Å². The summed E-state index contributed by atoms with van der Waals surface area (Å²) in [6, 6.07) is -0.0432. The van der Waals surface area contributed by atoms with Gasteiger partial charge in [-0.3, -0.25) is 13.9 Å². The van der Waals surface area contributed by atoms with Gasteiger partial charge in [0.15, 0.2) is 11.2 Å². The average Bonchev–Trinajstić information content (AvgIpc) is 2.87. The van der Waals surface area contributed by atoms with E-state index in [0.29, 0.717) is 30.2 Å². The fraction of sp³-hybridized carbons (Fsp3) is 0.562. The van der Waals surface area contributed by atoms with Crippen molar-refractivity contribution in [3.8, 4) is 0 Å². The van der Waals surface area contributed by atoms with Crippen LogP contribution in [0, 0.1) is 0 Å². The largest absolute Gasteiger partial charge is 0.344 e. The molecule has 0 saturated heterocycles. The molecule has 2 rings (SSSR count). The molecule has 0 spiro atoms. The molecular formula is C16H26N6O2. The quantitative estimate of drug-likeness (QED) is 0.788. The Labute approximate surface area is 140 Å². The fourth-order valence-electron chi connectivity index (χ4n) is 2.69. The number of nitrogens with two attached hydrogens (primary N) is 1. The zero-order valence-corrected chi connectivity index (χ0v) is 15.2. The van der Waals surface area contributed by atoms with Gasteiger partial charge in [0.1, 0.15) is 0 Å². The molecule has 8 nitrogen and oxygen atoms in total. The van der Waals surface area contributed by atoms with Crippen molar-refractivity contribution in [3.05, 3.63) is 32.5 Å². The van der Waals surface area contributed by atoms with Crippen molar-refractivity contribution in [1.82, 2.24) is 18.7 Å². The van der Waals surface area contributed by atoms with E-state index in [4.69, 9.17) is 5.73 Å². The lowest BCUT2D eigenvalue weighted by atomic mass is 10.3. The van der Waals surface area contributed by atoms with Gasteiger partial charge in [0.05, 0.1) is 0 Å². The van der Waals surface area contributed by atoms with Gasteiger partial charge in [-0.1, -0.05) is 11.6 Å². The van der Waals surface area contributed by atoms with Gasteiger partial charge in [-0.2, -0.15) is 4.98 Å². The van der Waals surface area contributed by atoms with E-state index < -0.39 is 0 Å². The number of nitrogens with zero attached hydrogens (tertiary/aromatic N) is 5. The molecule has 0 aliphatic rings. The van der Waals surface area contributed by atoms with Crippen molar-refractivity contribution >= 4 is 17.1 Å². The highest BCUT2D eigenvalue weighted by molar-refractivity contribution is 5.74. The smallest absolute Gasteiger partial charge is 0.332 e. The van der Waals surface area contributed by atoms with Gasteiger partial charge in [-0.15, -0.1) is 0 Å². The number of fused-ring (bicyclic) bond motifs is 1. The van der Waals surface area contributed by atoms with Gasteiger partial charge in [0.2, 0.25) is 5.95 Å². The Kier molecular flexibility index (Phi) is 4.98. The highest BCUT2D eigenvalue weighted by Crippen LogP contribution is 2.19. The van der Waals surface area contributed by atoms with Crippen molar-refractivity contribution in [2.24, 2.45) is 19.8 Å². The molecule has 132 valence electrons. The van der Waals surface area contributed by atoms with Crippen LogP contribution in [0.25, 0.3) is 11.2 Å². The Morgan fingerprint density at radius 1 is 1.29 bits per heavy atom. The van der Waals surface area contributed by atoms with E-state index in [-0.39, 0.29) is 17.3 Å². The minimum absolute atomic E-state index is 0.0432. The number of likely N-dealkylation sites (N-methyl/N-ethyl adjacent to an activating group) is 1. The number of allylic oxidation sites excluding steroid dienone is 2. The van der Waals surface area contributed by atoms with Crippen LogP contribution >= 0.6 is 0 Å². The number of aromatic nitrogens is 4. The minimum atomic E-state index is -0.388. The van der Waals surface area contributed by atoms with Crippen LogP contribution in [0.5, 0.6) is 0 Å². The first-order chi connectivity index (χ1) is 11.1. The van der Waals surface area contributed by atoms with Crippen molar-refractivity contribution in [1.29, 1.82) is 0 Å². The normalized spacial score (nSPS) is 12.5. The highest BCUT2D eigenvalue weighted by atomic mass is 16.2. The van der Waals surface area contributed by atoms with Crippen molar-refractivity contribution in [3.63, 3.8) is 0 Å². The van der Waals surface area contributed by atoms with Crippen molar-refractivity contribution in [2.45, 2.75) is 33.4 Å². The van der Waals surface area contributed by atoms with Gasteiger partial charge in [-0.05, 0) is 20.8 Å². The maximum absolute atomic E-state index is 12.6. The molecule has 0 aromatic carbocycles. The van der Waals surface area contributed by atoms with Gasteiger partial charge in [-0.25, -0.2) is 4.79 Å². The van der Waals surface area contributed by atoms with Crippen LogP contribution in [-0.2, 0) is 20.6 Å². The van der Waals surface area contributed by atoms with Crippen LogP contribution in [0.1, 0.15) is 20.8 Å².